The Morgan fingerprint density at radius 2 is 2.05 bits per heavy atom. The summed E-state index contributed by atoms with van der Waals surface area (Å²) in [5.41, 5.74) is 2.84. The van der Waals surface area contributed by atoms with Gasteiger partial charge < -0.3 is 14.7 Å². The van der Waals surface area contributed by atoms with E-state index < -0.39 is 5.97 Å². The van der Waals surface area contributed by atoms with Crippen LogP contribution in [-0.2, 0) is 20.7 Å². The number of aryl methyl sites for hydroxylation is 2. The summed E-state index contributed by atoms with van der Waals surface area (Å²) in [7, 11) is 1.57. The zero-order chi connectivity index (χ0) is 16.7. The summed E-state index contributed by atoms with van der Waals surface area (Å²) in [6, 6.07) is 5.66. The molecule has 0 fully saturated rings. The third-order valence-electron chi connectivity index (χ3n) is 3.40. The summed E-state index contributed by atoms with van der Waals surface area (Å²) in [6.07, 6.45) is 2.72. The van der Waals surface area contributed by atoms with Crippen molar-refractivity contribution in [3.8, 4) is 0 Å². The third kappa shape index (κ3) is 4.43. The smallest absolute Gasteiger partial charge is 0.328 e. The van der Waals surface area contributed by atoms with E-state index in [-0.39, 0.29) is 11.9 Å². The molecule has 0 radical (unpaired) electrons. The summed E-state index contributed by atoms with van der Waals surface area (Å²) in [6.45, 7) is 6.20. The minimum absolute atomic E-state index is 0.206. The summed E-state index contributed by atoms with van der Waals surface area (Å²) in [5.74, 6) is -1.51. The van der Waals surface area contributed by atoms with E-state index in [0.29, 0.717) is 6.61 Å². The molecule has 1 aromatic rings. The van der Waals surface area contributed by atoms with Crippen molar-refractivity contribution >= 4 is 17.6 Å². The first-order valence-electron chi connectivity index (χ1n) is 7.24. The topological polar surface area (TPSA) is 66.8 Å². The highest BCUT2D eigenvalue weighted by Crippen LogP contribution is 2.28. The van der Waals surface area contributed by atoms with Crippen LogP contribution in [-0.4, -0.2) is 36.7 Å². The third-order valence-corrected chi connectivity index (χ3v) is 3.40. The average Bonchev–Trinajstić information content (AvgIpc) is 2.47. The quantitative estimate of drug-likeness (QED) is 0.786. The van der Waals surface area contributed by atoms with Crippen LogP contribution in [0.5, 0.6) is 0 Å². The summed E-state index contributed by atoms with van der Waals surface area (Å²) >= 11 is 0. The van der Waals surface area contributed by atoms with Crippen molar-refractivity contribution in [3.05, 3.63) is 41.5 Å². The van der Waals surface area contributed by atoms with Gasteiger partial charge in [-0.25, -0.2) is 4.79 Å². The molecule has 1 atom stereocenters. The summed E-state index contributed by atoms with van der Waals surface area (Å²) in [5, 5.41) is 8.73. The summed E-state index contributed by atoms with van der Waals surface area (Å²) < 4.78 is 5.16. The van der Waals surface area contributed by atoms with Gasteiger partial charge in [-0.2, -0.15) is 0 Å². The first-order chi connectivity index (χ1) is 10.4. The number of benzene rings is 1. The maximum Gasteiger partial charge on any atom is 0.328 e. The van der Waals surface area contributed by atoms with Crippen LogP contribution in [0, 0.1) is 6.92 Å². The van der Waals surface area contributed by atoms with E-state index in [0.717, 1.165) is 35.4 Å². The Bertz CT molecular complexity index is 566. The van der Waals surface area contributed by atoms with Gasteiger partial charge in [0.2, 0.25) is 0 Å². The molecule has 0 aliphatic heterocycles. The zero-order valence-electron chi connectivity index (χ0n) is 13.5. The highest BCUT2D eigenvalue weighted by atomic mass is 16.5. The average molecular weight is 305 g/mol. The standard InChI is InChI=1S/C17H23NO4/c1-5-14-8-6-7-12(2)17(14)18(13(3)11-22-4)15(19)9-10-16(20)21/h6-10,13H,5,11H2,1-4H3,(H,20,21)/b10-9+/t13-/m0/s1. The van der Waals surface area contributed by atoms with Crippen LogP contribution in [0.2, 0.25) is 0 Å². The van der Waals surface area contributed by atoms with E-state index in [2.05, 4.69) is 0 Å². The Labute approximate surface area is 131 Å². The molecule has 5 nitrogen and oxygen atoms in total. The molecule has 120 valence electrons. The highest BCUT2D eigenvalue weighted by molar-refractivity contribution is 6.05. The minimum Gasteiger partial charge on any atom is -0.478 e. The predicted molar refractivity (Wildman–Crippen MR) is 86.2 cm³/mol. The van der Waals surface area contributed by atoms with Crippen molar-refractivity contribution < 1.29 is 19.4 Å². The number of hydrogen-bond acceptors (Lipinski definition) is 3. The number of anilines is 1. The zero-order valence-corrected chi connectivity index (χ0v) is 13.5. The van der Waals surface area contributed by atoms with Crippen LogP contribution in [0.1, 0.15) is 25.0 Å². The number of methoxy groups -OCH3 is 1. The normalized spacial score (nSPS) is 12.4. The Hall–Kier alpha value is -2.14. The molecule has 0 bridgehead atoms. The second-order valence-electron chi connectivity index (χ2n) is 5.12. The van der Waals surface area contributed by atoms with Crippen molar-refractivity contribution in [2.75, 3.05) is 18.6 Å². The van der Waals surface area contributed by atoms with E-state index >= 15 is 0 Å². The number of carboxylic acid groups (broad SMARTS) is 1. The molecule has 0 spiro atoms. The number of carbonyl (C=O) groups excluding carboxylic acids is 1. The van der Waals surface area contributed by atoms with Crippen LogP contribution < -0.4 is 4.90 Å². The monoisotopic (exact) mass is 305 g/mol. The van der Waals surface area contributed by atoms with Crippen LogP contribution in [0.25, 0.3) is 0 Å². The maximum absolute atomic E-state index is 12.5. The van der Waals surface area contributed by atoms with Gasteiger partial charge in [-0.3, -0.25) is 4.79 Å². The molecule has 5 heteroatoms. The predicted octanol–water partition coefficient (Wildman–Crippen LogP) is 2.57. The fourth-order valence-electron chi connectivity index (χ4n) is 2.44. The lowest BCUT2D eigenvalue weighted by atomic mass is 10.0. The Morgan fingerprint density at radius 3 is 2.59 bits per heavy atom. The van der Waals surface area contributed by atoms with Gasteiger partial charge in [-0.05, 0) is 31.4 Å². The van der Waals surface area contributed by atoms with Gasteiger partial charge in [0, 0.05) is 19.3 Å². The number of ether oxygens (including phenoxy) is 1. The number of amides is 1. The Balaban J connectivity index is 3.32. The van der Waals surface area contributed by atoms with Crippen LogP contribution in [0.15, 0.2) is 30.4 Å². The lowest BCUT2D eigenvalue weighted by Crippen LogP contribution is -2.41. The van der Waals surface area contributed by atoms with Crippen molar-refractivity contribution in [2.45, 2.75) is 33.2 Å². The van der Waals surface area contributed by atoms with Crippen molar-refractivity contribution in [1.82, 2.24) is 0 Å². The molecule has 0 aliphatic carbocycles. The lowest BCUT2D eigenvalue weighted by Gasteiger charge is -2.31. The fourth-order valence-corrected chi connectivity index (χ4v) is 2.44. The van der Waals surface area contributed by atoms with Crippen molar-refractivity contribution in [3.63, 3.8) is 0 Å². The van der Waals surface area contributed by atoms with Gasteiger partial charge in [-0.1, -0.05) is 25.1 Å². The minimum atomic E-state index is -1.15. The van der Waals surface area contributed by atoms with Gasteiger partial charge in [0.15, 0.2) is 0 Å². The molecule has 0 heterocycles. The fraction of sp³-hybridized carbons (Fsp3) is 0.412. The maximum atomic E-state index is 12.5. The van der Waals surface area contributed by atoms with Gasteiger partial charge in [0.1, 0.15) is 0 Å². The molecule has 1 rings (SSSR count). The first-order valence-corrected chi connectivity index (χ1v) is 7.24. The van der Waals surface area contributed by atoms with Crippen molar-refractivity contribution in [1.29, 1.82) is 0 Å². The van der Waals surface area contributed by atoms with Crippen molar-refractivity contribution in [2.24, 2.45) is 0 Å². The van der Waals surface area contributed by atoms with Gasteiger partial charge in [-0.15, -0.1) is 0 Å². The van der Waals surface area contributed by atoms with Crippen LogP contribution in [0.4, 0.5) is 5.69 Å². The molecule has 0 aliphatic rings. The molecule has 0 saturated heterocycles. The molecule has 0 aromatic heterocycles. The number of carboxylic acids is 1. The summed E-state index contributed by atoms with van der Waals surface area (Å²) in [4.78, 5) is 24.8. The number of rotatable bonds is 7. The first kappa shape index (κ1) is 17.9. The second kappa shape index (κ2) is 8.34. The molecule has 22 heavy (non-hydrogen) atoms. The number of nitrogens with zero attached hydrogens (tertiary/aromatic N) is 1. The number of hydrogen-bond donors (Lipinski definition) is 1. The molecular formula is C17H23NO4. The Morgan fingerprint density at radius 1 is 1.36 bits per heavy atom. The van der Waals surface area contributed by atoms with Crippen LogP contribution >= 0.6 is 0 Å². The lowest BCUT2D eigenvalue weighted by molar-refractivity contribution is -0.131. The van der Waals surface area contributed by atoms with Crippen LogP contribution in [0.3, 0.4) is 0 Å². The van der Waals surface area contributed by atoms with E-state index in [4.69, 9.17) is 9.84 Å². The molecular weight excluding hydrogens is 282 g/mol. The number of para-hydroxylation sites is 1. The molecule has 0 unspecified atom stereocenters. The van der Waals surface area contributed by atoms with Gasteiger partial charge in [0.05, 0.1) is 18.3 Å². The molecule has 0 saturated carbocycles. The van der Waals surface area contributed by atoms with E-state index in [1.807, 2.05) is 39.0 Å². The van der Waals surface area contributed by atoms with Gasteiger partial charge >= 0.3 is 5.97 Å². The highest BCUT2D eigenvalue weighted by Gasteiger charge is 2.24. The number of aliphatic carboxylic acids is 1. The number of carbonyl (C=O) groups is 2. The van der Waals surface area contributed by atoms with Gasteiger partial charge in [0.25, 0.3) is 5.91 Å². The SMILES string of the molecule is CCc1cccc(C)c1N(C(=O)/C=C/C(=O)O)[C@@H](C)COC. The van der Waals surface area contributed by atoms with E-state index in [9.17, 15) is 9.59 Å². The largest absolute Gasteiger partial charge is 0.478 e. The Kier molecular flexibility index (Phi) is 6.79. The van der Waals surface area contributed by atoms with E-state index in [1.54, 1.807) is 12.0 Å². The van der Waals surface area contributed by atoms with E-state index in [1.165, 1.54) is 0 Å². The molecule has 1 amide bonds. The molecule has 1 N–H and O–H groups in total. The molecule has 1 aromatic carbocycles. The second-order valence-corrected chi connectivity index (χ2v) is 5.12.